The van der Waals surface area contributed by atoms with Gasteiger partial charge in [-0.2, -0.15) is 4.98 Å². The molecule has 0 aliphatic heterocycles. The van der Waals surface area contributed by atoms with Crippen LogP contribution in [-0.2, 0) is 11.2 Å². The molecule has 1 aromatic heterocycles. The van der Waals surface area contributed by atoms with Crippen molar-refractivity contribution in [3.05, 3.63) is 46.1 Å². The maximum Gasteiger partial charge on any atom is 0.229 e. The molecular weight excluding hydrogens is 276 g/mol. The van der Waals surface area contributed by atoms with Crippen molar-refractivity contribution in [1.82, 2.24) is 10.1 Å². The van der Waals surface area contributed by atoms with E-state index < -0.39 is 0 Å². The summed E-state index contributed by atoms with van der Waals surface area (Å²) in [5, 5.41) is 4.16. The fourth-order valence-electron chi connectivity index (χ4n) is 3.29. The topological polar surface area (TPSA) is 48.2 Å². The Labute approximate surface area is 131 Å². The number of rotatable bonds is 5. The summed E-state index contributed by atoms with van der Waals surface area (Å²) in [5.74, 6) is 1.93. The Morgan fingerprint density at radius 1 is 1.18 bits per heavy atom. The molecule has 1 fully saturated rings. The van der Waals surface area contributed by atoms with Crippen molar-refractivity contribution in [1.29, 1.82) is 0 Å². The average Bonchev–Trinajstić information content (AvgIpc) is 2.85. The molecule has 0 atom stereocenters. The van der Waals surface area contributed by atoms with Crippen LogP contribution < -0.4 is 0 Å². The Morgan fingerprint density at radius 2 is 1.86 bits per heavy atom. The van der Waals surface area contributed by atoms with Crippen LogP contribution in [0.3, 0.4) is 0 Å². The van der Waals surface area contributed by atoms with Gasteiger partial charge in [0, 0.05) is 18.9 Å². The highest BCUT2D eigenvalue weighted by atomic mass is 16.5. The highest BCUT2D eigenvalue weighted by molar-refractivity contribution is 5.39. The van der Waals surface area contributed by atoms with Gasteiger partial charge in [0.1, 0.15) is 0 Å². The van der Waals surface area contributed by atoms with Gasteiger partial charge in [0.15, 0.2) is 5.82 Å². The van der Waals surface area contributed by atoms with Gasteiger partial charge in [-0.1, -0.05) is 22.9 Å². The lowest BCUT2D eigenvalue weighted by molar-refractivity contribution is -0.00961. The molecule has 118 valence electrons. The molecule has 3 rings (SSSR count). The van der Waals surface area contributed by atoms with Crippen LogP contribution >= 0.6 is 0 Å². The minimum Gasteiger partial charge on any atom is -0.378 e. The summed E-state index contributed by atoms with van der Waals surface area (Å²) in [7, 11) is 0. The molecule has 1 heterocycles. The average molecular weight is 300 g/mol. The SMILES string of the molecule is CCOC1CC(c2nc(Cc3c(C)cc(C)cc3C)no2)C1. The molecule has 4 nitrogen and oxygen atoms in total. The van der Waals surface area contributed by atoms with E-state index in [-0.39, 0.29) is 0 Å². The van der Waals surface area contributed by atoms with E-state index in [1.807, 2.05) is 6.92 Å². The van der Waals surface area contributed by atoms with E-state index >= 15 is 0 Å². The largest absolute Gasteiger partial charge is 0.378 e. The zero-order chi connectivity index (χ0) is 15.7. The summed E-state index contributed by atoms with van der Waals surface area (Å²) in [6, 6.07) is 4.42. The van der Waals surface area contributed by atoms with Crippen molar-refractivity contribution in [2.45, 2.75) is 59.0 Å². The maximum atomic E-state index is 5.58. The molecule has 4 heteroatoms. The van der Waals surface area contributed by atoms with E-state index in [9.17, 15) is 0 Å². The first-order valence-electron chi connectivity index (χ1n) is 8.07. The van der Waals surface area contributed by atoms with Gasteiger partial charge in [-0.25, -0.2) is 0 Å². The number of ether oxygens (including phenoxy) is 1. The molecule has 0 radical (unpaired) electrons. The smallest absolute Gasteiger partial charge is 0.229 e. The third-order valence-electron chi connectivity index (χ3n) is 4.51. The minimum absolute atomic E-state index is 0.368. The Balaban J connectivity index is 1.68. The van der Waals surface area contributed by atoms with E-state index in [0.717, 1.165) is 37.6 Å². The van der Waals surface area contributed by atoms with E-state index in [1.54, 1.807) is 0 Å². The summed E-state index contributed by atoms with van der Waals surface area (Å²) in [4.78, 5) is 4.59. The lowest BCUT2D eigenvalue weighted by Crippen LogP contribution is -2.29. The molecule has 1 aliphatic rings. The lowest BCUT2D eigenvalue weighted by Gasteiger charge is -2.32. The zero-order valence-corrected chi connectivity index (χ0v) is 13.8. The number of aryl methyl sites for hydroxylation is 3. The highest BCUT2D eigenvalue weighted by Crippen LogP contribution is 2.37. The van der Waals surface area contributed by atoms with Crippen molar-refractivity contribution in [2.24, 2.45) is 0 Å². The van der Waals surface area contributed by atoms with Gasteiger partial charge in [-0.05, 0) is 57.2 Å². The van der Waals surface area contributed by atoms with Crippen molar-refractivity contribution >= 4 is 0 Å². The fourth-order valence-corrected chi connectivity index (χ4v) is 3.29. The minimum atomic E-state index is 0.368. The van der Waals surface area contributed by atoms with Crippen molar-refractivity contribution in [2.75, 3.05) is 6.61 Å². The molecular formula is C18H24N2O2. The zero-order valence-electron chi connectivity index (χ0n) is 13.8. The van der Waals surface area contributed by atoms with Gasteiger partial charge in [-0.3, -0.25) is 0 Å². The van der Waals surface area contributed by atoms with Gasteiger partial charge in [0.2, 0.25) is 5.89 Å². The summed E-state index contributed by atoms with van der Waals surface area (Å²) < 4.78 is 11.0. The van der Waals surface area contributed by atoms with Crippen molar-refractivity contribution in [3.63, 3.8) is 0 Å². The van der Waals surface area contributed by atoms with Crippen LogP contribution in [0.4, 0.5) is 0 Å². The molecule has 0 unspecified atom stereocenters. The van der Waals surface area contributed by atoms with Gasteiger partial charge in [-0.15, -0.1) is 0 Å². The van der Waals surface area contributed by atoms with E-state index in [1.165, 1.54) is 22.3 Å². The normalized spacial score (nSPS) is 20.9. The number of hydrogen-bond donors (Lipinski definition) is 0. The van der Waals surface area contributed by atoms with Gasteiger partial charge >= 0.3 is 0 Å². The van der Waals surface area contributed by atoms with Crippen LogP contribution in [0.5, 0.6) is 0 Å². The van der Waals surface area contributed by atoms with E-state index in [2.05, 4.69) is 43.0 Å². The number of benzene rings is 1. The van der Waals surface area contributed by atoms with Gasteiger partial charge in [0.05, 0.1) is 6.10 Å². The summed E-state index contributed by atoms with van der Waals surface area (Å²) >= 11 is 0. The Morgan fingerprint density at radius 3 is 2.50 bits per heavy atom. The fraction of sp³-hybridized carbons (Fsp3) is 0.556. The molecule has 1 aromatic carbocycles. The highest BCUT2D eigenvalue weighted by Gasteiger charge is 2.34. The molecule has 0 spiro atoms. The monoisotopic (exact) mass is 300 g/mol. The van der Waals surface area contributed by atoms with Crippen molar-refractivity contribution < 1.29 is 9.26 Å². The third kappa shape index (κ3) is 3.07. The second kappa shape index (κ2) is 6.21. The molecule has 0 bridgehead atoms. The molecule has 0 saturated heterocycles. The van der Waals surface area contributed by atoms with Crippen molar-refractivity contribution in [3.8, 4) is 0 Å². The molecule has 0 N–H and O–H groups in total. The van der Waals surface area contributed by atoms with Gasteiger partial charge < -0.3 is 9.26 Å². The maximum absolute atomic E-state index is 5.58. The second-order valence-electron chi connectivity index (χ2n) is 6.35. The van der Waals surface area contributed by atoms with Crippen LogP contribution in [0.1, 0.15) is 59.7 Å². The number of hydrogen-bond acceptors (Lipinski definition) is 4. The van der Waals surface area contributed by atoms with Crippen LogP contribution in [0, 0.1) is 20.8 Å². The van der Waals surface area contributed by atoms with Crippen LogP contribution in [0.15, 0.2) is 16.7 Å². The molecule has 1 saturated carbocycles. The van der Waals surface area contributed by atoms with Crippen LogP contribution in [0.2, 0.25) is 0 Å². The van der Waals surface area contributed by atoms with E-state index in [0.29, 0.717) is 12.0 Å². The standard InChI is InChI=1S/C18H24N2O2/c1-5-21-15-8-14(9-15)18-19-17(20-22-18)10-16-12(3)6-11(2)7-13(16)4/h6-7,14-15H,5,8-10H2,1-4H3. The molecule has 2 aromatic rings. The van der Waals surface area contributed by atoms with Crippen LogP contribution in [0.25, 0.3) is 0 Å². The number of nitrogens with zero attached hydrogens (tertiary/aromatic N) is 2. The molecule has 0 amide bonds. The third-order valence-corrected chi connectivity index (χ3v) is 4.51. The first-order chi connectivity index (χ1) is 10.6. The first kappa shape index (κ1) is 15.2. The predicted octanol–water partition coefficient (Wildman–Crippen LogP) is 3.87. The van der Waals surface area contributed by atoms with E-state index in [4.69, 9.17) is 9.26 Å². The quantitative estimate of drug-likeness (QED) is 0.841. The van der Waals surface area contributed by atoms with Gasteiger partial charge in [0.25, 0.3) is 0 Å². The lowest BCUT2D eigenvalue weighted by atomic mass is 9.82. The summed E-state index contributed by atoms with van der Waals surface area (Å²) in [6.07, 6.45) is 3.10. The second-order valence-corrected chi connectivity index (χ2v) is 6.35. The van der Waals surface area contributed by atoms with Crippen LogP contribution in [-0.4, -0.2) is 22.9 Å². The Bertz CT molecular complexity index is 634. The first-order valence-corrected chi connectivity index (χ1v) is 8.07. The Kier molecular flexibility index (Phi) is 4.30. The molecule has 22 heavy (non-hydrogen) atoms. The predicted molar refractivity (Wildman–Crippen MR) is 85.1 cm³/mol. The molecule has 1 aliphatic carbocycles. The summed E-state index contributed by atoms with van der Waals surface area (Å²) in [5.41, 5.74) is 5.19. The Hall–Kier alpha value is -1.68. The number of aromatic nitrogens is 2. The summed E-state index contributed by atoms with van der Waals surface area (Å²) in [6.45, 7) is 9.23.